The summed E-state index contributed by atoms with van der Waals surface area (Å²) in [6.07, 6.45) is 0. The molecule has 0 atom stereocenters. The lowest BCUT2D eigenvalue weighted by Crippen LogP contribution is -2.15. The van der Waals surface area contributed by atoms with Crippen LogP contribution in [0.5, 0.6) is 23.0 Å². The van der Waals surface area contributed by atoms with Crippen molar-refractivity contribution >= 4 is 23.1 Å². The molecule has 0 aliphatic rings. The zero-order chi connectivity index (χ0) is 27.4. The Balaban J connectivity index is 1.65. The highest BCUT2D eigenvalue weighted by molar-refractivity contribution is 6.50. The van der Waals surface area contributed by atoms with Gasteiger partial charge in [-0.05, 0) is 48.5 Å². The zero-order valence-corrected chi connectivity index (χ0v) is 20.4. The zero-order valence-electron chi connectivity index (χ0n) is 20.4. The van der Waals surface area contributed by atoms with Crippen molar-refractivity contribution < 1.29 is 38.9 Å². The average molecular weight is 510 g/mol. The number of aromatic hydroxyl groups is 2. The first-order valence-corrected chi connectivity index (χ1v) is 11.4. The minimum Gasteiger partial charge on any atom is -0.508 e. The van der Waals surface area contributed by atoms with Crippen LogP contribution in [0.25, 0.3) is 11.1 Å². The van der Waals surface area contributed by atoms with E-state index in [9.17, 15) is 29.4 Å². The van der Waals surface area contributed by atoms with Crippen LogP contribution in [-0.2, 0) is 0 Å². The molecule has 0 saturated carbocycles. The van der Waals surface area contributed by atoms with Crippen LogP contribution in [0.3, 0.4) is 0 Å². The summed E-state index contributed by atoms with van der Waals surface area (Å²) in [7, 11) is 2.81. The van der Waals surface area contributed by atoms with Gasteiger partial charge in [-0.2, -0.15) is 0 Å². The number of Topliss-reactive ketones (excluding diaryl/α,β-unsaturated/α-hetero) is 4. The fourth-order valence-electron chi connectivity index (χ4n) is 3.93. The number of hydrogen-bond acceptors (Lipinski definition) is 8. The van der Waals surface area contributed by atoms with E-state index in [-0.39, 0.29) is 45.3 Å². The summed E-state index contributed by atoms with van der Waals surface area (Å²) in [5.74, 6) is -2.85. The Hall–Kier alpha value is -5.24. The SMILES string of the molecule is COc1cc(C(=O)C(=O)c2cccc(O)c2)ccc1-c1ccc(C(=O)C(=O)c2cccc(O)c2)cc1OC. The summed E-state index contributed by atoms with van der Waals surface area (Å²) in [6.45, 7) is 0. The number of hydrogen-bond donors (Lipinski definition) is 2. The number of carbonyl (C=O) groups excluding carboxylic acids is 4. The number of rotatable bonds is 9. The molecule has 0 radical (unpaired) electrons. The van der Waals surface area contributed by atoms with Gasteiger partial charge >= 0.3 is 0 Å². The minimum atomic E-state index is -0.785. The lowest BCUT2D eigenvalue weighted by molar-refractivity contribution is 0.0816. The van der Waals surface area contributed by atoms with E-state index >= 15 is 0 Å². The van der Waals surface area contributed by atoms with Gasteiger partial charge in [0.1, 0.15) is 23.0 Å². The van der Waals surface area contributed by atoms with Gasteiger partial charge in [-0.1, -0.05) is 36.4 Å². The molecule has 0 aliphatic heterocycles. The fraction of sp³-hybridized carbons (Fsp3) is 0.0667. The quantitative estimate of drug-likeness (QED) is 0.240. The molecular weight excluding hydrogens is 488 g/mol. The van der Waals surface area contributed by atoms with E-state index in [1.165, 1.54) is 87.0 Å². The van der Waals surface area contributed by atoms with Crippen molar-refractivity contribution in [2.24, 2.45) is 0 Å². The summed E-state index contributed by atoms with van der Waals surface area (Å²) < 4.78 is 11.0. The van der Waals surface area contributed by atoms with Crippen LogP contribution in [0.2, 0.25) is 0 Å². The monoisotopic (exact) mass is 510 g/mol. The molecule has 0 aliphatic carbocycles. The summed E-state index contributed by atoms with van der Waals surface area (Å²) >= 11 is 0. The molecule has 4 rings (SSSR count). The predicted molar refractivity (Wildman–Crippen MR) is 139 cm³/mol. The Morgan fingerprint density at radius 1 is 0.500 bits per heavy atom. The van der Waals surface area contributed by atoms with Crippen molar-refractivity contribution in [2.45, 2.75) is 0 Å². The maximum atomic E-state index is 12.8. The fourth-order valence-corrected chi connectivity index (χ4v) is 3.93. The summed E-state index contributed by atoms with van der Waals surface area (Å²) in [5, 5.41) is 19.2. The van der Waals surface area contributed by atoms with E-state index in [4.69, 9.17) is 9.47 Å². The molecule has 8 heteroatoms. The smallest absolute Gasteiger partial charge is 0.233 e. The first-order chi connectivity index (χ1) is 18.2. The number of carbonyl (C=O) groups is 4. The van der Waals surface area contributed by atoms with E-state index in [1.807, 2.05) is 0 Å². The maximum Gasteiger partial charge on any atom is 0.233 e. The highest BCUT2D eigenvalue weighted by Gasteiger charge is 2.23. The van der Waals surface area contributed by atoms with Gasteiger partial charge in [-0.25, -0.2) is 0 Å². The molecule has 8 nitrogen and oxygen atoms in total. The van der Waals surface area contributed by atoms with Gasteiger partial charge in [0.25, 0.3) is 0 Å². The third kappa shape index (κ3) is 5.15. The number of phenolic OH excluding ortho intramolecular Hbond substituents is 2. The largest absolute Gasteiger partial charge is 0.508 e. The Bertz CT molecular complexity index is 1470. The molecule has 0 bridgehead atoms. The lowest BCUT2D eigenvalue weighted by Gasteiger charge is -2.14. The molecule has 0 aromatic heterocycles. The average Bonchev–Trinajstić information content (AvgIpc) is 2.94. The van der Waals surface area contributed by atoms with E-state index in [0.29, 0.717) is 11.1 Å². The number of ether oxygens (including phenoxy) is 2. The Morgan fingerprint density at radius 2 is 0.842 bits per heavy atom. The van der Waals surface area contributed by atoms with Crippen molar-refractivity contribution in [3.05, 3.63) is 107 Å². The van der Waals surface area contributed by atoms with Crippen LogP contribution >= 0.6 is 0 Å². The van der Waals surface area contributed by atoms with Gasteiger partial charge in [0.15, 0.2) is 0 Å². The molecular formula is C30H22O8. The van der Waals surface area contributed by atoms with E-state index in [2.05, 4.69) is 0 Å². The normalized spacial score (nSPS) is 10.5. The molecule has 0 unspecified atom stereocenters. The first kappa shape index (κ1) is 25.8. The van der Waals surface area contributed by atoms with Crippen LogP contribution in [-0.4, -0.2) is 47.6 Å². The lowest BCUT2D eigenvalue weighted by atomic mass is 9.95. The molecule has 0 saturated heterocycles. The third-order valence-electron chi connectivity index (χ3n) is 5.85. The second-order valence-electron chi connectivity index (χ2n) is 8.25. The molecule has 0 heterocycles. The van der Waals surface area contributed by atoms with Crippen molar-refractivity contribution in [2.75, 3.05) is 14.2 Å². The van der Waals surface area contributed by atoms with Gasteiger partial charge in [-0.15, -0.1) is 0 Å². The highest BCUT2D eigenvalue weighted by atomic mass is 16.5. The van der Waals surface area contributed by atoms with Crippen molar-refractivity contribution in [3.63, 3.8) is 0 Å². The molecule has 2 N–H and O–H groups in total. The second-order valence-corrected chi connectivity index (χ2v) is 8.25. The predicted octanol–water partition coefficient (Wildman–Crippen LogP) is 4.91. The summed E-state index contributed by atoms with van der Waals surface area (Å²) in [6, 6.07) is 20.0. The van der Waals surface area contributed by atoms with Crippen LogP contribution in [0.15, 0.2) is 84.9 Å². The third-order valence-corrected chi connectivity index (χ3v) is 5.85. The maximum absolute atomic E-state index is 12.8. The molecule has 0 spiro atoms. The van der Waals surface area contributed by atoms with Crippen LogP contribution < -0.4 is 9.47 Å². The molecule has 38 heavy (non-hydrogen) atoms. The van der Waals surface area contributed by atoms with E-state index < -0.39 is 23.1 Å². The van der Waals surface area contributed by atoms with Crippen LogP contribution in [0.4, 0.5) is 0 Å². The Morgan fingerprint density at radius 3 is 1.16 bits per heavy atom. The van der Waals surface area contributed by atoms with Gasteiger partial charge in [0.05, 0.1) is 14.2 Å². The molecule has 4 aromatic carbocycles. The van der Waals surface area contributed by atoms with Gasteiger partial charge in [0, 0.05) is 33.4 Å². The Kier molecular flexibility index (Phi) is 7.34. The van der Waals surface area contributed by atoms with Crippen molar-refractivity contribution in [3.8, 4) is 34.1 Å². The molecule has 0 fully saturated rings. The number of benzene rings is 4. The van der Waals surface area contributed by atoms with E-state index in [1.54, 1.807) is 12.1 Å². The van der Waals surface area contributed by atoms with Gasteiger partial charge < -0.3 is 19.7 Å². The number of methoxy groups -OCH3 is 2. The van der Waals surface area contributed by atoms with Crippen molar-refractivity contribution in [1.82, 2.24) is 0 Å². The standard InChI is InChI=1S/C30H22O8/c1-37-25-15-19(29(35)27(33)17-5-3-7-21(31)13-17)9-11-23(25)24-12-10-20(16-26(24)38-2)30(36)28(34)18-6-4-8-22(32)14-18/h3-16,31-32H,1-2H3. The first-order valence-electron chi connectivity index (χ1n) is 11.4. The molecule has 0 amide bonds. The highest BCUT2D eigenvalue weighted by Crippen LogP contribution is 2.38. The minimum absolute atomic E-state index is 0.0558. The van der Waals surface area contributed by atoms with Crippen LogP contribution in [0.1, 0.15) is 41.4 Å². The van der Waals surface area contributed by atoms with Gasteiger partial charge in [-0.3, -0.25) is 19.2 Å². The summed E-state index contributed by atoms with van der Waals surface area (Å²) in [5.41, 5.74) is 1.32. The van der Waals surface area contributed by atoms with E-state index in [0.717, 1.165) is 0 Å². The van der Waals surface area contributed by atoms with Gasteiger partial charge in [0.2, 0.25) is 23.1 Å². The second kappa shape index (κ2) is 10.8. The molecule has 4 aromatic rings. The summed E-state index contributed by atoms with van der Waals surface area (Å²) in [4.78, 5) is 50.9. The topological polar surface area (TPSA) is 127 Å². The number of phenols is 2. The Labute approximate surface area is 217 Å². The van der Waals surface area contributed by atoms with Crippen molar-refractivity contribution in [1.29, 1.82) is 0 Å². The van der Waals surface area contributed by atoms with Crippen LogP contribution in [0, 0.1) is 0 Å². The molecule has 190 valence electrons. The number of ketones is 4.